The number of sulfonamides is 1. The number of amides is 1. The van der Waals surface area contributed by atoms with Gasteiger partial charge in [0, 0.05) is 42.7 Å². The summed E-state index contributed by atoms with van der Waals surface area (Å²) in [7, 11) is -3.91. The van der Waals surface area contributed by atoms with Gasteiger partial charge in [-0.05, 0) is 82.9 Å². The maximum absolute atomic E-state index is 12.4. The van der Waals surface area contributed by atoms with Crippen LogP contribution in [0, 0.1) is 5.92 Å². The van der Waals surface area contributed by atoms with Gasteiger partial charge >= 0.3 is 23.9 Å². The van der Waals surface area contributed by atoms with E-state index in [0.717, 1.165) is 35.4 Å². The van der Waals surface area contributed by atoms with E-state index in [0.29, 0.717) is 11.1 Å². The molecule has 1 fully saturated rings. The summed E-state index contributed by atoms with van der Waals surface area (Å²) in [6.45, 7) is 1.01. The first-order valence-corrected chi connectivity index (χ1v) is 21.4. The Hall–Kier alpha value is -8.20. The van der Waals surface area contributed by atoms with Crippen LogP contribution in [0.5, 0.6) is 28.7 Å². The van der Waals surface area contributed by atoms with E-state index < -0.39 is 88.0 Å². The number of hydrogen-bond donors (Lipinski definition) is 10. The lowest BCUT2D eigenvalue weighted by molar-refractivity contribution is -0.199. The summed E-state index contributed by atoms with van der Waals surface area (Å²) in [4.78, 5) is 59.7. The van der Waals surface area contributed by atoms with Gasteiger partial charge in [0.2, 0.25) is 21.5 Å². The minimum atomic E-state index is -3.91. The number of carbonyl (C=O) groups excluding carboxylic acids is 3. The molecule has 1 amide bonds. The van der Waals surface area contributed by atoms with E-state index in [9.17, 15) is 68.1 Å². The first kappa shape index (κ1) is 49.8. The third-order valence-corrected chi connectivity index (χ3v) is 11.5. The lowest BCUT2D eigenvalue weighted by Crippen LogP contribution is -2.56. The van der Waals surface area contributed by atoms with Crippen molar-refractivity contribution < 1.29 is 82.7 Å². The molecular formula is C47H44N2O17S. The standard InChI is InChI=1S/C26H26O11.C21H18N2O6S/c1-14-12-26(25(34)35,37-23(33)9-5-16-3-7-18(28)20(30)11-16)13-21(31)24(14)36-22(32)8-4-15-2-6-17(27)19(29)10-15;24-19-12-16(8-11-18(19)21(26)27)23-20(25)13-22-30(28,29)17-9-6-15(7-10-17)14-4-2-1-3-5-14/h2-11,14,21,24,27-31H,12-13H2,1H3,(H,34,35);1-12,22,24H,13H2,(H,23,25)(H,26,27)/b8-4+,9-5+;/t14-,21-,24+,26-;/m1./s1. The van der Waals surface area contributed by atoms with Crippen molar-refractivity contribution in [1.29, 1.82) is 0 Å². The molecule has 1 saturated carbocycles. The third-order valence-electron chi connectivity index (χ3n) is 10.1. The number of aromatic carboxylic acids is 1. The van der Waals surface area contributed by atoms with E-state index >= 15 is 0 Å². The normalized spacial score (nSPS) is 18.0. The van der Waals surface area contributed by atoms with Crippen molar-refractivity contribution in [3.63, 3.8) is 0 Å². The highest BCUT2D eigenvalue weighted by Gasteiger charge is 2.53. The predicted octanol–water partition coefficient (Wildman–Crippen LogP) is 4.98. The van der Waals surface area contributed by atoms with Crippen LogP contribution in [0.15, 0.2) is 126 Å². The van der Waals surface area contributed by atoms with E-state index in [1.54, 1.807) is 19.1 Å². The molecule has 0 unspecified atom stereocenters. The molecular weight excluding hydrogens is 897 g/mol. The van der Waals surface area contributed by atoms with Gasteiger partial charge in [-0.3, -0.25) is 4.79 Å². The first-order valence-electron chi connectivity index (χ1n) is 19.9. The number of ether oxygens (including phenoxy) is 2. The van der Waals surface area contributed by atoms with Gasteiger partial charge < -0.3 is 55.6 Å². The number of hydrogen-bond acceptors (Lipinski definition) is 15. The van der Waals surface area contributed by atoms with Crippen LogP contribution in [-0.2, 0) is 38.7 Å². The van der Waals surface area contributed by atoms with Crippen LogP contribution in [0.4, 0.5) is 5.69 Å². The number of carboxylic acids is 2. The number of aliphatic hydroxyl groups excluding tert-OH is 1. The van der Waals surface area contributed by atoms with E-state index in [1.807, 2.05) is 30.3 Å². The molecule has 0 spiro atoms. The number of phenolic OH excluding ortho intramolecular Hbond substituents is 4. The largest absolute Gasteiger partial charge is 0.507 e. The monoisotopic (exact) mass is 940 g/mol. The van der Waals surface area contributed by atoms with Gasteiger partial charge in [-0.25, -0.2) is 32.3 Å². The van der Waals surface area contributed by atoms with Gasteiger partial charge in [-0.15, -0.1) is 0 Å². The number of carbonyl (C=O) groups is 5. The molecule has 67 heavy (non-hydrogen) atoms. The smallest absolute Gasteiger partial charge is 0.348 e. The van der Waals surface area contributed by atoms with Crippen LogP contribution >= 0.6 is 0 Å². The van der Waals surface area contributed by atoms with Gasteiger partial charge in [0.1, 0.15) is 17.4 Å². The maximum atomic E-state index is 12.4. The fraction of sp³-hybridized carbons (Fsp3) is 0.170. The van der Waals surface area contributed by atoms with Crippen LogP contribution in [0.25, 0.3) is 23.3 Å². The molecule has 19 nitrogen and oxygen atoms in total. The summed E-state index contributed by atoms with van der Waals surface area (Å²) >= 11 is 0. The Morgan fingerprint density at radius 3 is 1.78 bits per heavy atom. The van der Waals surface area contributed by atoms with Crippen LogP contribution in [-0.4, -0.2) is 103 Å². The highest BCUT2D eigenvalue weighted by Crippen LogP contribution is 2.38. The maximum Gasteiger partial charge on any atom is 0.348 e. The zero-order valence-corrected chi connectivity index (χ0v) is 36.0. The molecule has 0 heterocycles. The fourth-order valence-corrected chi connectivity index (χ4v) is 7.74. The van der Waals surface area contributed by atoms with Crippen molar-refractivity contribution in [3.05, 3.63) is 138 Å². The number of anilines is 1. The molecule has 20 heteroatoms. The van der Waals surface area contributed by atoms with Crippen molar-refractivity contribution in [1.82, 2.24) is 4.72 Å². The second-order valence-corrected chi connectivity index (χ2v) is 16.8. The highest BCUT2D eigenvalue weighted by molar-refractivity contribution is 7.89. The zero-order chi connectivity index (χ0) is 49.1. The van der Waals surface area contributed by atoms with Crippen molar-refractivity contribution in [3.8, 4) is 39.9 Å². The second-order valence-electron chi connectivity index (χ2n) is 15.0. The second kappa shape index (κ2) is 21.7. The SMILES string of the molecule is C[C@@H]1C[C@](OC(=O)/C=C/c2ccc(O)c(O)c2)(C(=O)O)C[C@@H](O)[C@H]1OC(=O)/C=C/c1ccc(O)c(O)c1.O=C(CNS(=O)(=O)c1ccc(-c2ccccc2)cc1)Nc1ccc(C(=O)O)c(O)c1. The van der Waals surface area contributed by atoms with E-state index in [1.165, 1.54) is 66.7 Å². The quantitative estimate of drug-likeness (QED) is 0.0399. The van der Waals surface area contributed by atoms with Crippen LogP contribution < -0.4 is 10.0 Å². The molecule has 1 aliphatic carbocycles. The molecule has 5 aromatic rings. The number of benzene rings is 5. The fourth-order valence-electron chi connectivity index (χ4n) is 6.76. The summed E-state index contributed by atoms with van der Waals surface area (Å²) in [5.74, 6) is -7.97. The lowest BCUT2D eigenvalue weighted by atomic mass is 9.75. The van der Waals surface area contributed by atoms with Crippen LogP contribution in [0.1, 0.15) is 41.3 Å². The Balaban J connectivity index is 0.000000256. The zero-order valence-electron chi connectivity index (χ0n) is 35.2. The summed E-state index contributed by atoms with van der Waals surface area (Å²) in [5.41, 5.74) is 0.303. The minimum Gasteiger partial charge on any atom is -0.507 e. The third kappa shape index (κ3) is 13.4. The minimum absolute atomic E-state index is 0.0124. The molecule has 0 aliphatic heterocycles. The van der Waals surface area contributed by atoms with Gasteiger partial charge in [0.15, 0.2) is 23.0 Å². The Bertz CT molecular complexity index is 2800. The van der Waals surface area contributed by atoms with Crippen molar-refractivity contribution in [2.24, 2.45) is 5.92 Å². The summed E-state index contributed by atoms with van der Waals surface area (Å²) in [5, 5.41) is 79.1. The molecule has 10 N–H and O–H groups in total. The predicted molar refractivity (Wildman–Crippen MR) is 239 cm³/mol. The molecule has 1 aliphatic rings. The van der Waals surface area contributed by atoms with Crippen molar-refractivity contribution in [2.75, 3.05) is 11.9 Å². The average molecular weight is 941 g/mol. The molecule has 350 valence electrons. The Labute approximate surface area is 382 Å². The molecule has 0 aromatic heterocycles. The number of carboxylic acid groups (broad SMARTS) is 2. The van der Waals surface area contributed by atoms with E-state index in [-0.39, 0.29) is 39.8 Å². The number of esters is 2. The Morgan fingerprint density at radius 1 is 0.687 bits per heavy atom. The van der Waals surface area contributed by atoms with Crippen molar-refractivity contribution in [2.45, 2.75) is 42.5 Å². The van der Waals surface area contributed by atoms with Gasteiger partial charge in [0.25, 0.3) is 0 Å². The highest BCUT2D eigenvalue weighted by atomic mass is 32.2. The molecule has 0 bridgehead atoms. The molecule has 0 radical (unpaired) electrons. The van der Waals surface area contributed by atoms with Gasteiger partial charge in [0.05, 0.1) is 17.5 Å². The van der Waals surface area contributed by atoms with Crippen LogP contribution in [0.2, 0.25) is 0 Å². The number of aliphatic hydroxyl groups is 1. The molecule has 4 atom stereocenters. The van der Waals surface area contributed by atoms with Crippen LogP contribution in [0.3, 0.4) is 0 Å². The number of rotatable bonds is 14. The lowest BCUT2D eigenvalue weighted by Gasteiger charge is -2.42. The first-order chi connectivity index (χ1) is 31.7. The number of phenols is 5. The van der Waals surface area contributed by atoms with Gasteiger partial charge in [-0.1, -0.05) is 61.5 Å². The molecule has 0 saturated heterocycles. The summed E-state index contributed by atoms with van der Waals surface area (Å²) in [6, 6.07) is 26.9. The van der Waals surface area contributed by atoms with Gasteiger partial charge in [-0.2, -0.15) is 0 Å². The summed E-state index contributed by atoms with van der Waals surface area (Å²) in [6.07, 6.45) is 1.27. The van der Waals surface area contributed by atoms with E-state index in [2.05, 4.69) is 10.0 Å². The molecule has 5 aromatic carbocycles. The topological polar surface area (TPSA) is 324 Å². The Kier molecular flexibility index (Phi) is 16.1. The number of aromatic hydroxyl groups is 5. The van der Waals surface area contributed by atoms with E-state index in [4.69, 9.17) is 14.6 Å². The molecule has 6 rings (SSSR count). The number of aliphatic carboxylic acids is 1. The van der Waals surface area contributed by atoms with Crippen molar-refractivity contribution >= 4 is 57.6 Å². The summed E-state index contributed by atoms with van der Waals surface area (Å²) < 4.78 is 37.6. The average Bonchev–Trinajstić information content (AvgIpc) is 3.28. The Morgan fingerprint density at radius 2 is 1.25 bits per heavy atom. The number of nitrogens with one attached hydrogen (secondary N) is 2.